The number of nitrogens with zero attached hydrogens (tertiary/aromatic N) is 3. The largest absolute Gasteiger partial charge is 0.372 e. The summed E-state index contributed by atoms with van der Waals surface area (Å²) < 4.78 is 30.3. The van der Waals surface area contributed by atoms with Gasteiger partial charge in [0.15, 0.2) is 0 Å². The lowest BCUT2D eigenvalue weighted by atomic mass is 9.71. The van der Waals surface area contributed by atoms with Crippen LogP contribution in [0.2, 0.25) is 0 Å². The zero-order chi connectivity index (χ0) is 27.7. The van der Waals surface area contributed by atoms with Crippen molar-refractivity contribution in [2.24, 2.45) is 17.8 Å². The summed E-state index contributed by atoms with van der Waals surface area (Å²) in [4.78, 5) is 45.5. The molecule has 2 aliphatic carbocycles. The van der Waals surface area contributed by atoms with Crippen LogP contribution < -0.4 is 16.0 Å². The van der Waals surface area contributed by atoms with Gasteiger partial charge < -0.3 is 20.9 Å². The van der Waals surface area contributed by atoms with Gasteiger partial charge >= 0.3 is 0 Å². The molecule has 5 aliphatic rings. The fraction of sp³-hybridized carbons (Fsp3) is 0.679. The first-order valence-corrected chi connectivity index (χ1v) is 14.0. The molecule has 3 aliphatic heterocycles. The molecule has 3 N–H and O–H groups in total. The van der Waals surface area contributed by atoms with Gasteiger partial charge in [0.25, 0.3) is 5.92 Å². The van der Waals surface area contributed by atoms with Crippen LogP contribution in [0.1, 0.15) is 63.4 Å². The van der Waals surface area contributed by atoms with Crippen molar-refractivity contribution in [1.82, 2.24) is 20.5 Å². The number of fused-ring (bicyclic) bond motifs is 3. The minimum Gasteiger partial charge on any atom is -0.372 e. The summed E-state index contributed by atoms with van der Waals surface area (Å²) in [5.74, 6) is -5.77. The Hall–Kier alpha value is -3.29. The second-order valence-corrected chi connectivity index (χ2v) is 11.7. The van der Waals surface area contributed by atoms with Crippen LogP contribution in [0.3, 0.4) is 0 Å². The van der Waals surface area contributed by atoms with E-state index in [9.17, 15) is 19.6 Å². The van der Waals surface area contributed by atoms with Gasteiger partial charge in [0.2, 0.25) is 17.7 Å². The molecule has 4 heterocycles. The maximum absolute atomic E-state index is 15.1. The first-order valence-electron chi connectivity index (χ1n) is 14.0. The molecule has 11 heteroatoms. The highest BCUT2D eigenvalue weighted by Gasteiger charge is 2.61. The summed E-state index contributed by atoms with van der Waals surface area (Å²) >= 11 is 0. The van der Waals surface area contributed by atoms with Crippen molar-refractivity contribution in [3.63, 3.8) is 0 Å². The van der Waals surface area contributed by atoms with Gasteiger partial charge in [-0.1, -0.05) is 12.8 Å². The molecule has 9 nitrogen and oxygen atoms in total. The van der Waals surface area contributed by atoms with Crippen LogP contribution in [0.4, 0.5) is 14.5 Å². The van der Waals surface area contributed by atoms with Crippen molar-refractivity contribution >= 4 is 23.4 Å². The highest BCUT2D eigenvalue weighted by atomic mass is 19.3. The molecule has 1 aromatic rings. The van der Waals surface area contributed by atoms with Gasteiger partial charge in [0.1, 0.15) is 18.1 Å². The van der Waals surface area contributed by atoms with E-state index < -0.39 is 54.3 Å². The van der Waals surface area contributed by atoms with Crippen LogP contribution in [0, 0.1) is 36.0 Å². The first kappa shape index (κ1) is 27.3. The third-order valence-corrected chi connectivity index (χ3v) is 8.63. The number of hydrogen-bond acceptors (Lipinski definition) is 6. The minimum absolute atomic E-state index is 0.103. The average molecular weight is 543 g/mol. The van der Waals surface area contributed by atoms with Gasteiger partial charge in [-0.2, -0.15) is 5.26 Å². The number of rotatable bonds is 9. The van der Waals surface area contributed by atoms with Crippen molar-refractivity contribution < 1.29 is 23.2 Å². The molecule has 2 bridgehead atoms. The van der Waals surface area contributed by atoms with Gasteiger partial charge in [0, 0.05) is 37.3 Å². The van der Waals surface area contributed by atoms with Gasteiger partial charge in [-0.3, -0.25) is 19.4 Å². The molecular formula is C28H36F2N6O3. The van der Waals surface area contributed by atoms with E-state index in [4.69, 9.17) is 0 Å². The van der Waals surface area contributed by atoms with Crippen molar-refractivity contribution in [3.05, 3.63) is 24.0 Å². The zero-order valence-corrected chi connectivity index (χ0v) is 22.2. The van der Waals surface area contributed by atoms with Crippen LogP contribution in [0.25, 0.3) is 0 Å². The molecule has 5 fully saturated rings. The van der Waals surface area contributed by atoms with Gasteiger partial charge in [-0.25, -0.2) is 8.78 Å². The Balaban J connectivity index is 1.38. The number of aromatic nitrogens is 1. The standard InChI is InChI=1S/C28H36F2N6O3/c1-16-9-20(15-32-14-16)34-23(10-17-4-5-17)27(39)36-21-6-7-22(28(29,30)12-21)24(36)26(38)35-19(13-31)11-18-3-2-8-33-25(18)37/h9,14-15,17-19,21-24,34H,2-8,10-12H2,1H3,(H,33,37)(H,35,38)/t18-,19+,21+,22+,23-,24-/m0/s1. The van der Waals surface area contributed by atoms with E-state index in [1.807, 2.05) is 19.1 Å². The number of anilines is 1. The van der Waals surface area contributed by atoms with Gasteiger partial charge in [0.05, 0.1) is 17.7 Å². The van der Waals surface area contributed by atoms with Crippen LogP contribution in [-0.4, -0.2) is 64.2 Å². The van der Waals surface area contributed by atoms with Crippen molar-refractivity contribution in [2.75, 3.05) is 11.9 Å². The maximum atomic E-state index is 15.1. The molecule has 210 valence electrons. The number of pyridine rings is 1. The Bertz CT molecular complexity index is 1150. The molecule has 0 radical (unpaired) electrons. The van der Waals surface area contributed by atoms with E-state index in [1.165, 1.54) is 4.90 Å². The van der Waals surface area contributed by atoms with E-state index >= 15 is 8.78 Å². The Morgan fingerprint density at radius 3 is 2.69 bits per heavy atom. The lowest BCUT2D eigenvalue weighted by Crippen LogP contribution is -2.70. The molecule has 0 spiro atoms. The predicted molar refractivity (Wildman–Crippen MR) is 138 cm³/mol. The van der Waals surface area contributed by atoms with Crippen molar-refractivity contribution in [3.8, 4) is 6.07 Å². The van der Waals surface area contributed by atoms with Crippen LogP contribution in [0.5, 0.6) is 0 Å². The third-order valence-electron chi connectivity index (χ3n) is 8.63. The Morgan fingerprint density at radius 1 is 1.23 bits per heavy atom. The molecule has 39 heavy (non-hydrogen) atoms. The SMILES string of the molecule is Cc1cncc(N[C@@H](CC2CC2)C(=O)N2[C@@H]3CC[C@H]([C@H]2C(=O)N[C@@H](C#N)C[C@@H]2CCCNC2=O)C(F)(F)C3)c1. The second-order valence-electron chi connectivity index (χ2n) is 11.7. The number of piperidine rings is 3. The molecule has 0 aromatic carbocycles. The fourth-order valence-corrected chi connectivity index (χ4v) is 6.49. The highest BCUT2D eigenvalue weighted by molar-refractivity contribution is 5.92. The molecule has 6 atom stereocenters. The quantitative estimate of drug-likeness (QED) is 0.440. The molecule has 3 saturated heterocycles. The zero-order valence-electron chi connectivity index (χ0n) is 22.2. The summed E-state index contributed by atoms with van der Waals surface area (Å²) in [6, 6.07) is 0.0543. The van der Waals surface area contributed by atoms with E-state index in [0.29, 0.717) is 37.4 Å². The topological polar surface area (TPSA) is 127 Å². The number of carbonyl (C=O) groups is 3. The number of hydrogen-bond donors (Lipinski definition) is 3. The Morgan fingerprint density at radius 2 is 2.03 bits per heavy atom. The summed E-state index contributed by atoms with van der Waals surface area (Å²) in [5.41, 5.74) is 1.58. The summed E-state index contributed by atoms with van der Waals surface area (Å²) in [6.45, 7) is 2.47. The molecule has 2 saturated carbocycles. The number of alkyl halides is 2. The number of nitriles is 1. The smallest absolute Gasteiger partial charge is 0.255 e. The Kier molecular flexibility index (Phi) is 7.74. The number of halogens is 2. The lowest BCUT2D eigenvalue weighted by molar-refractivity contribution is -0.194. The van der Waals surface area contributed by atoms with Crippen LogP contribution >= 0.6 is 0 Å². The number of nitrogens with one attached hydrogen (secondary N) is 3. The normalized spacial score (nSPS) is 29.1. The molecule has 6 rings (SSSR count). The van der Waals surface area contributed by atoms with Gasteiger partial charge in [-0.15, -0.1) is 0 Å². The van der Waals surface area contributed by atoms with Crippen molar-refractivity contribution in [1.29, 1.82) is 5.26 Å². The maximum Gasteiger partial charge on any atom is 0.255 e. The molecular weight excluding hydrogens is 506 g/mol. The first-order chi connectivity index (χ1) is 18.7. The predicted octanol–water partition coefficient (Wildman–Crippen LogP) is 2.91. The number of carbonyl (C=O) groups excluding carboxylic acids is 3. The minimum atomic E-state index is -3.09. The Labute approximate surface area is 227 Å². The van der Waals surface area contributed by atoms with E-state index in [0.717, 1.165) is 24.8 Å². The number of amides is 3. The average Bonchev–Trinajstić information content (AvgIpc) is 3.72. The second kappa shape index (κ2) is 11.1. The number of aryl methyl sites for hydroxylation is 1. The highest BCUT2D eigenvalue weighted by Crippen LogP contribution is 2.49. The van der Waals surface area contributed by atoms with Crippen LogP contribution in [-0.2, 0) is 14.4 Å². The van der Waals surface area contributed by atoms with Crippen molar-refractivity contribution in [2.45, 2.75) is 94.8 Å². The van der Waals surface area contributed by atoms with Crippen LogP contribution in [0.15, 0.2) is 18.5 Å². The van der Waals surface area contributed by atoms with E-state index in [2.05, 4.69) is 20.9 Å². The summed E-state index contributed by atoms with van der Waals surface area (Å²) in [6.07, 6.45) is 7.42. The molecule has 0 unspecified atom stereocenters. The molecule has 3 amide bonds. The monoisotopic (exact) mass is 542 g/mol. The lowest BCUT2D eigenvalue weighted by Gasteiger charge is -2.54. The van der Waals surface area contributed by atoms with E-state index in [-0.39, 0.29) is 24.7 Å². The van der Waals surface area contributed by atoms with Gasteiger partial charge in [-0.05, 0) is 63.0 Å². The molecule has 1 aromatic heterocycles. The fourth-order valence-electron chi connectivity index (χ4n) is 6.49. The summed E-state index contributed by atoms with van der Waals surface area (Å²) in [7, 11) is 0. The van der Waals surface area contributed by atoms with E-state index in [1.54, 1.807) is 12.4 Å². The summed E-state index contributed by atoms with van der Waals surface area (Å²) in [5, 5.41) is 18.4. The third kappa shape index (κ3) is 5.99.